The third kappa shape index (κ3) is 3.25. The summed E-state index contributed by atoms with van der Waals surface area (Å²) < 4.78 is 14.2. The van der Waals surface area contributed by atoms with E-state index in [4.69, 9.17) is 5.73 Å². The number of hydrogen-bond donors (Lipinski definition) is 1. The Bertz CT molecular complexity index is 422. The van der Waals surface area contributed by atoms with Crippen molar-refractivity contribution in [1.82, 2.24) is 4.90 Å². The average molecular weight is 265 g/mol. The fraction of sp³-hybridized carbons (Fsp3) is 0.600. The number of rotatable bonds is 4. The van der Waals surface area contributed by atoms with Gasteiger partial charge < -0.3 is 15.5 Å². The molecule has 1 aliphatic rings. The van der Waals surface area contributed by atoms with Gasteiger partial charge in [-0.2, -0.15) is 0 Å². The lowest BCUT2D eigenvalue weighted by atomic mass is 10.0. The van der Waals surface area contributed by atoms with Crippen LogP contribution in [0.3, 0.4) is 0 Å². The van der Waals surface area contributed by atoms with Crippen LogP contribution in [0.2, 0.25) is 0 Å². The quantitative estimate of drug-likeness (QED) is 0.902. The molecule has 1 aliphatic heterocycles. The Kier molecular flexibility index (Phi) is 4.77. The molecule has 1 unspecified atom stereocenters. The topological polar surface area (TPSA) is 32.5 Å². The maximum Gasteiger partial charge on any atom is 0.146 e. The number of likely N-dealkylation sites (tertiary alicyclic amines) is 1. The molecule has 1 atom stereocenters. The van der Waals surface area contributed by atoms with E-state index in [2.05, 4.69) is 16.8 Å². The SMILES string of the molecule is CN1CCCC(N(C)c2c(F)cccc2CCN)C1. The van der Waals surface area contributed by atoms with Crippen LogP contribution in [0.5, 0.6) is 0 Å². The normalized spacial score (nSPS) is 20.5. The minimum Gasteiger partial charge on any atom is -0.368 e. The lowest BCUT2D eigenvalue weighted by Crippen LogP contribution is -2.45. The van der Waals surface area contributed by atoms with Crippen LogP contribution >= 0.6 is 0 Å². The van der Waals surface area contributed by atoms with E-state index in [1.807, 2.05) is 13.1 Å². The largest absolute Gasteiger partial charge is 0.368 e. The van der Waals surface area contributed by atoms with Gasteiger partial charge in [-0.25, -0.2) is 4.39 Å². The Hall–Kier alpha value is -1.13. The molecule has 19 heavy (non-hydrogen) atoms. The van der Waals surface area contributed by atoms with Crippen LogP contribution in [0, 0.1) is 5.82 Å². The van der Waals surface area contributed by atoms with Crippen LogP contribution in [0.15, 0.2) is 18.2 Å². The molecule has 1 fully saturated rings. The third-order valence-corrected chi connectivity index (χ3v) is 3.98. The van der Waals surface area contributed by atoms with Crippen LogP contribution in [0.25, 0.3) is 0 Å². The van der Waals surface area contributed by atoms with Gasteiger partial charge in [0.05, 0.1) is 5.69 Å². The molecule has 4 heteroatoms. The van der Waals surface area contributed by atoms with Crippen molar-refractivity contribution < 1.29 is 4.39 Å². The number of nitrogens with zero attached hydrogens (tertiary/aromatic N) is 2. The number of halogens is 1. The molecule has 0 amide bonds. The Balaban J connectivity index is 2.24. The summed E-state index contributed by atoms with van der Waals surface area (Å²) in [6.45, 7) is 2.68. The molecule has 0 aromatic heterocycles. The molecule has 3 nitrogen and oxygen atoms in total. The molecule has 1 aromatic rings. The van der Waals surface area contributed by atoms with Crippen LogP contribution in [-0.2, 0) is 6.42 Å². The third-order valence-electron chi connectivity index (χ3n) is 3.98. The van der Waals surface area contributed by atoms with Gasteiger partial charge in [-0.15, -0.1) is 0 Å². The molecule has 0 aliphatic carbocycles. The minimum absolute atomic E-state index is 0.137. The van der Waals surface area contributed by atoms with Crippen LogP contribution in [0.1, 0.15) is 18.4 Å². The second-order valence-electron chi connectivity index (χ2n) is 5.46. The maximum atomic E-state index is 14.2. The van der Waals surface area contributed by atoms with E-state index in [1.165, 1.54) is 6.42 Å². The molecule has 1 aromatic carbocycles. The molecule has 1 heterocycles. The summed E-state index contributed by atoms with van der Waals surface area (Å²) in [6, 6.07) is 5.67. The van der Waals surface area contributed by atoms with Gasteiger partial charge in [0.25, 0.3) is 0 Å². The van der Waals surface area contributed by atoms with Gasteiger partial charge in [-0.1, -0.05) is 12.1 Å². The van der Waals surface area contributed by atoms with E-state index >= 15 is 0 Å². The fourth-order valence-electron chi connectivity index (χ4n) is 2.95. The Morgan fingerprint density at radius 1 is 1.47 bits per heavy atom. The predicted octanol–water partition coefficient (Wildman–Crippen LogP) is 1.86. The summed E-state index contributed by atoms with van der Waals surface area (Å²) in [5, 5.41) is 0. The van der Waals surface area contributed by atoms with Crippen molar-refractivity contribution in [2.45, 2.75) is 25.3 Å². The average Bonchev–Trinajstić information content (AvgIpc) is 2.39. The lowest BCUT2D eigenvalue weighted by molar-refractivity contribution is 0.247. The number of anilines is 1. The summed E-state index contributed by atoms with van der Waals surface area (Å²) in [4.78, 5) is 4.42. The minimum atomic E-state index is -0.137. The Labute approximate surface area is 115 Å². The highest BCUT2D eigenvalue weighted by atomic mass is 19.1. The van der Waals surface area contributed by atoms with Gasteiger partial charge in [0.2, 0.25) is 0 Å². The van der Waals surface area contributed by atoms with Gasteiger partial charge in [-0.3, -0.25) is 0 Å². The van der Waals surface area contributed by atoms with Crippen LogP contribution in [-0.4, -0.2) is 44.7 Å². The molecule has 0 spiro atoms. The van der Waals surface area contributed by atoms with Crippen molar-refractivity contribution in [3.63, 3.8) is 0 Å². The van der Waals surface area contributed by atoms with Gasteiger partial charge in [0.1, 0.15) is 5.82 Å². The summed E-state index contributed by atoms with van der Waals surface area (Å²) in [7, 11) is 4.13. The number of nitrogens with two attached hydrogens (primary N) is 1. The number of para-hydroxylation sites is 1. The lowest BCUT2D eigenvalue weighted by Gasteiger charge is -2.38. The summed E-state index contributed by atoms with van der Waals surface area (Å²) in [5.74, 6) is -0.137. The zero-order chi connectivity index (χ0) is 13.8. The van der Waals surface area contributed by atoms with E-state index in [9.17, 15) is 4.39 Å². The Morgan fingerprint density at radius 3 is 2.95 bits per heavy atom. The van der Waals surface area contributed by atoms with Crippen molar-refractivity contribution in [3.05, 3.63) is 29.6 Å². The number of piperidine rings is 1. The summed E-state index contributed by atoms with van der Waals surface area (Å²) in [6.07, 6.45) is 3.02. The highest BCUT2D eigenvalue weighted by Crippen LogP contribution is 2.28. The smallest absolute Gasteiger partial charge is 0.146 e. The van der Waals surface area contributed by atoms with Gasteiger partial charge in [0, 0.05) is 19.6 Å². The maximum absolute atomic E-state index is 14.2. The van der Waals surface area contributed by atoms with E-state index in [0.29, 0.717) is 12.6 Å². The monoisotopic (exact) mass is 265 g/mol. The van der Waals surface area contributed by atoms with E-state index < -0.39 is 0 Å². The fourth-order valence-corrected chi connectivity index (χ4v) is 2.95. The van der Waals surface area contributed by atoms with E-state index in [-0.39, 0.29) is 5.82 Å². The zero-order valence-electron chi connectivity index (χ0n) is 11.9. The molecule has 0 bridgehead atoms. The molecule has 0 saturated carbocycles. The molecule has 1 saturated heterocycles. The van der Waals surface area contributed by atoms with Gasteiger partial charge in [0.15, 0.2) is 0 Å². The first kappa shape index (κ1) is 14.3. The first-order chi connectivity index (χ1) is 9.13. The molecule has 2 N–H and O–H groups in total. The first-order valence-electron chi connectivity index (χ1n) is 7.02. The molecular formula is C15H24FN3. The van der Waals surface area contributed by atoms with Gasteiger partial charge >= 0.3 is 0 Å². The number of hydrogen-bond acceptors (Lipinski definition) is 3. The zero-order valence-corrected chi connectivity index (χ0v) is 11.9. The molecule has 0 radical (unpaired) electrons. The van der Waals surface area contributed by atoms with Crippen LogP contribution in [0.4, 0.5) is 10.1 Å². The van der Waals surface area contributed by atoms with Crippen molar-refractivity contribution in [3.8, 4) is 0 Å². The van der Waals surface area contributed by atoms with E-state index in [1.54, 1.807) is 12.1 Å². The summed E-state index contributed by atoms with van der Waals surface area (Å²) >= 11 is 0. The van der Waals surface area contributed by atoms with Gasteiger partial charge in [-0.05, 0) is 51.0 Å². The van der Waals surface area contributed by atoms with E-state index in [0.717, 1.165) is 37.2 Å². The predicted molar refractivity (Wildman–Crippen MR) is 78.1 cm³/mol. The van der Waals surface area contributed by atoms with Crippen molar-refractivity contribution in [2.75, 3.05) is 38.6 Å². The Morgan fingerprint density at radius 2 is 2.26 bits per heavy atom. The van der Waals surface area contributed by atoms with Crippen molar-refractivity contribution in [2.24, 2.45) is 5.73 Å². The number of benzene rings is 1. The highest BCUT2D eigenvalue weighted by molar-refractivity contribution is 5.55. The molecular weight excluding hydrogens is 241 g/mol. The first-order valence-corrected chi connectivity index (χ1v) is 7.02. The highest BCUT2D eigenvalue weighted by Gasteiger charge is 2.24. The standard InChI is InChI=1S/C15H24FN3/c1-18-10-4-6-13(11-18)19(2)15-12(8-9-17)5-3-7-14(15)16/h3,5,7,13H,4,6,8-11,17H2,1-2H3. The number of likely N-dealkylation sites (N-methyl/N-ethyl adjacent to an activating group) is 2. The molecule has 2 rings (SSSR count). The second kappa shape index (κ2) is 6.35. The van der Waals surface area contributed by atoms with Crippen molar-refractivity contribution >= 4 is 5.69 Å². The summed E-state index contributed by atoms with van der Waals surface area (Å²) in [5.41, 5.74) is 7.37. The second-order valence-corrected chi connectivity index (χ2v) is 5.46. The molecule has 106 valence electrons. The van der Waals surface area contributed by atoms with Crippen molar-refractivity contribution in [1.29, 1.82) is 0 Å². The van der Waals surface area contributed by atoms with Crippen LogP contribution < -0.4 is 10.6 Å².